The van der Waals surface area contributed by atoms with E-state index in [1.165, 1.54) is 43.8 Å². The minimum absolute atomic E-state index is 0.0848. The average Bonchev–Trinajstić information content (AvgIpc) is 2.85. The molecule has 0 saturated carbocycles. The molecule has 182 valence electrons. The van der Waals surface area contributed by atoms with Crippen LogP contribution in [0.2, 0.25) is 0 Å². The summed E-state index contributed by atoms with van der Waals surface area (Å²) in [6.45, 7) is 13.7. The van der Waals surface area contributed by atoms with Crippen molar-refractivity contribution in [1.82, 2.24) is 4.98 Å². The highest BCUT2D eigenvalue weighted by Gasteiger charge is 2.19. The molecule has 0 aliphatic rings. The van der Waals surface area contributed by atoms with Gasteiger partial charge in [0, 0.05) is 11.3 Å². The Bertz CT molecular complexity index is 1530. The fourth-order valence-electron chi connectivity index (χ4n) is 5.01. The van der Waals surface area contributed by atoms with E-state index in [4.69, 9.17) is 4.98 Å². The second-order valence-electron chi connectivity index (χ2n) is 12.1. The molecule has 36 heavy (non-hydrogen) atoms. The van der Waals surface area contributed by atoms with E-state index in [0.29, 0.717) is 0 Å². The van der Waals surface area contributed by atoms with Crippen molar-refractivity contribution < 1.29 is 0 Å². The number of aryl methyl sites for hydroxylation is 2. The molecule has 0 N–H and O–H groups in total. The minimum Gasteiger partial charge on any atom is -0.253 e. The molecule has 0 atom stereocenters. The second-order valence-corrected chi connectivity index (χ2v) is 12.1. The van der Waals surface area contributed by atoms with Crippen LogP contribution in [0.4, 0.5) is 0 Å². The van der Waals surface area contributed by atoms with Gasteiger partial charge < -0.3 is 0 Å². The number of aromatic nitrogens is 1. The van der Waals surface area contributed by atoms with E-state index in [9.17, 15) is 0 Å². The molecule has 0 saturated heterocycles. The van der Waals surface area contributed by atoms with Crippen LogP contribution in [-0.4, -0.2) is 4.98 Å². The summed E-state index contributed by atoms with van der Waals surface area (Å²) in [7, 11) is 0. The van der Waals surface area contributed by atoms with E-state index in [1.54, 1.807) is 0 Å². The predicted molar refractivity (Wildman–Crippen MR) is 156 cm³/mol. The first kappa shape index (κ1) is 24.3. The molecule has 0 amide bonds. The van der Waals surface area contributed by atoms with Gasteiger partial charge in [-0.15, -0.1) is 0 Å². The van der Waals surface area contributed by atoms with Crippen LogP contribution < -0.4 is 0 Å². The van der Waals surface area contributed by atoms with Crippen LogP contribution in [0.25, 0.3) is 32.8 Å². The Balaban J connectivity index is 1.70. The Morgan fingerprint density at radius 2 is 1.25 bits per heavy atom. The van der Waals surface area contributed by atoms with Crippen molar-refractivity contribution in [2.75, 3.05) is 0 Å². The summed E-state index contributed by atoms with van der Waals surface area (Å²) in [6, 6.07) is 33.5. The van der Waals surface area contributed by atoms with Gasteiger partial charge in [-0.2, -0.15) is 0 Å². The quantitative estimate of drug-likeness (QED) is 0.238. The highest BCUT2D eigenvalue weighted by Crippen LogP contribution is 2.39. The first-order valence-corrected chi connectivity index (χ1v) is 13.1. The second kappa shape index (κ2) is 9.21. The monoisotopic (exact) mass is 471 g/mol. The number of fused-ring (bicyclic) bond motifs is 2. The largest absolute Gasteiger partial charge is 0.253 e. The van der Waals surface area contributed by atoms with E-state index in [-0.39, 0.29) is 10.8 Å². The number of pyridine rings is 1. The first-order valence-electron chi connectivity index (χ1n) is 13.1. The van der Waals surface area contributed by atoms with Crippen molar-refractivity contribution >= 4 is 21.5 Å². The van der Waals surface area contributed by atoms with Gasteiger partial charge in [0.1, 0.15) is 0 Å². The Labute approximate surface area is 216 Å². The summed E-state index contributed by atoms with van der Waals surface area (Å²) in [6.07, 6.45) is 1.93. The molecule has 0 unspecified atom stereocenters. The maximum atomic E-state index is 5.22. The standard InChI is InChI=1S/C35H37N/c1-34(2,3)27-18-20-30-26(22-27)21-25-16-17-28(35(4,5)6)23-31(25)33(30)32-14-10-13-29(36-32)19-15-24-11-8-7-9-12-24/h7-14,16-18,20-23H,15,19H2,1-6H3. The summed E-state index contributed by atoms with van der Waals surface area (Å²) < 4.78 is 0. The normalized spacial score (nSPS) is 12.4. The molecular formula is C35H37N. The molecule has 0 spiro atoms. The van der Waals surface area contributed by atoms with E-state index in [0.717, 1.165) is 24.2 Å². The van der Waals surface area contributed by atoms with Crippen molar-refractivity contribution in [3.8, 4) is 11.3 Å². The third-order valence-electron chi connectivity index (χ3n) is 7.26. The van der Waals surface area contributed by atoms with Crippen LogP contribution in [0.5, 0.6) is 0 Å². The lowest BCUT2D eigenvalue weighted by Crippen LogP contribution is -2.11. The van der Waals surface area contributed by atoms with Crippen LogP contribution in [0, 0.1) is 0 Å². The van der Waals surface area contributed by atoms with Crippen molar-refractivity contribution in [3.63, 3.8) is 0 Å². The van der Waals surface area contributed by atoms with Crippen LogP contribution in [0.3, 0.4) is 0 Å². The van der Waals surface area contributed by atoms with Gasteiger partial charge in [0.05, 0.1) is 5.69 Å². The molecule has 0 radical (unpaired) electrons. The van der Waals surface area contributed by atoms with E-state index >= 15 is 0 Å². The Morgan fingerprint density at radius 1 is 0.556 bits per heavy atom. The summed E-state index contributed by atoms with van der Waals surface area (Å²) in [5, 5.41) is 5.11. The zero-order valence-corrected chi connectivity index (χ0v) is 22.5. The summed E-state index contributed by atoms with van der Waals surface area (Å²) >= 11 is 0. The summed E-state index contributed by atoms with van der Waals surface area (Å²) in [5.41, 5.74) is 7.69. The molecule has 1 heterocycles. The van der Waals surface area contributed by atoms with E-state index < -0.39 is 0 Å². The molecule has 5 aromatic rings. The molecule has 0 bridgehead atoms. The molecule has 0 aliphatic carbocycles. The zero-order chi connectivity index (χ0) is 25.5. The molecule has 0 fully saturated rings. The van der Waals surface area contributed by atoms with Gasteiger partial charge in [0.15, 0.2) is 0 Å². The van der Waals surface area contributed by atoms with Gasteiger partial charge in [-0.25, -0.2) is 0 Å². The lowest BCUT2D eigenvalue weighted by Gasteiger charge is -2.22. The highest BCUT2D eigenvalue weighted by atomic mass is 14.7. The van der Waals surface area contributed by atoms with Crippen LogP contribution >= 0.6 is 0 Å². The summed E-state index contributed by atoms with van der Waals surface area (Å²) in [5.74, 6) is 0. The van der Waals surface area contributed by atoms with Crippen molar-refractivity contribution in [2.45, 2.75) is 65.2 Å². The van der Waals surface area contributed by atoms with Crippen LogP contribution in [0.15, 0.2) is 91.0 Å². The third kappa shape index (κ3) is 4.93. The Hall–Kier alpha value is -3.45. The smallest absolute Gasteiger partial charge is 0.0717 e. The average molecular weight is 472 g/mol. The summed E-state index contributed by atoms with van der Waals surface area (Å²) in [4.78, 5) is 5.22. The molecular weight excluding hydrogens is 434 g/mol. The number of benzene rings is 4. The Kier molecular flexibility index (Phi) is 6.20. The predicted octanol–water partition coefficient (Wildman–Crippen LogP) is 9.44. The molecule has 4 aromatic carbocycles. The fourth-order valence-corrected chi connectivity index (χ4v) is 5.01. The van der Waals surface area contributed by atoms with Crippen molar-refractivity contribution in [3.05, 3.63) is 113 Å². The van der Waals surface area contributed by atoms with Gasteiger partial charge in [-0.3, -0.25) is 4.98 Å². The van der Waals surface area contributed by atoms with Gasteiger partial charge in [-0.05, 0) is 86.2 Å². The number of nitrogens with zero attached hydrogens (tertiary/aromatic N) is 1. The van der Waals surface area contributed by atoms with Gasteiger partial charge in [0.25, 0.3) is 0 Å². The lowest BCUT2D eigenvalue weighted by molar-refractivity contribution is 0.590. The van der Waals surface area contributed by atoms with Crippen molar-refractivity contribution in [1.29, 1.82) is 0 Å². The van der Waals surface area contributed by atoms with Crippen LogP contribution in [0.1, 0.15) is 63.9 Å². The SMILES string of the molecule is CC(C)(C)c1ccc2c(-c3cccc(CCc4ccccc4)n3)c3cc(C(C)(C)C)ccc3cc2c1. The van der Waals surface area contributed by atoms with E-state index in [2.05, 4.69) is 133 Å². The molecule has 0 aliphatic heterocycles. The zero-order valence-electron chi connectivity index (χ0n) is 22.5. The Morgan fingerprint density at radius 3 is 1.97 bits per heavy atom. The fraction of sp³-hybridized carbons (Fsp3) is 0.286. The van der Waals surface area contributed by atoms with Gasteiger partial charge in [-0.1, -0.05) is 108 Å². The molecule has 1 aromatic heterocycles. The van der Waals surface area contributed by atoms with Gasteiger partial charge in [0.2, 0.25) is 0 Å². The lowest BCUT2D eigenvalue weighted by atomic mass is 9.82. The molecule has 5 rings (SSSR count). The minimum atomic E-state index is 0.0848. The molecule has 1 nitrogen and oxygen atoms in total. The maximum Gasteiger partial charge on any atom is 0.0717 e. The number of rotatable bonds is 4. The van der Waals surface area contributed by atoms with Crippen molar-refractivity contribution in [2.24, 2.45) is 0 Å². The first-order chi connectivity index (χ1) is 17.1. The number of hydrogen-bond acceptors (Lipinski definition) is 1. The topological polar surface area (TPSA) is 12.9 Å². The highest BCUT2D eigenvalue weighted by molar-refractivity contribution is 6.12. The van der Waals surface area contributed by atoms with Gasteiger partial charge >= 0.3 is 0 Å². The van der Waals surface area contributed by atoms with E-state index in [1.807, 2.05) is 0 Å². The molecule has 1 heteroatoms. The third-order valence-corrected chi connectivity index (χ3v) is 7.26. The van der Waals surface area contributed by atoms with Crippen LogP contribution in [-0.2, 0) is 23.7 Å². The maximum absolute atomic E-state index is 5.22. The number of hydrogen-bond donors (Lipinski definition) is 0.